The Morgan fingerprint density at radius 2 is 2.00 bits per heavy atom. The molecule has 1 amide bonds. The number of hydrogen-bond donors (Lipinski definition) is 3. The molecular formula is C18H28FIN4O2. The van der Waals surface area contributed by atoms with Gasteiger partial charge in [0, 0.05) is 26.1 Å². The monoisotopic (exact) mass is 478 g/mol. The SMILES string of the molecule is CN=C(NCCCC(=O)NC1CC1)NCC(C)Oc1ccc(F)cc1.I. The van der Waals surface area contributed by atoms with Crippen LogP contribution in [0.5, 0.6) is 5.75 Å². The quantitative estimate of drug-likeness (QED) is 0.221. The molecule has 146 valence electrons. The first-order chi connectivity index (χ1) is 12.1. The lowest BCUT2D eigenvalue weighted by Gasteiger charge is -2.17. The van der Waals surface area contributed by atoms with Crippen LogP contribution in [0.15, 0.2) is 29.3 Å². The van der Waals surface area contributed by atoms with Gasteiger partial charge < -0.3 is 20.7 Å². The fourth-order valence-corrected chi connectivity index (χ4v) is 2.23. The van der Waals surface area contributed by atoms with Gasteiger partial charge in [0.1, 0.15) is 17.7 Å². The van der Waals surface area contributed by atoms with Crippen LogP contribution < -0.4 is 20.7 Å². The van der Waals surface area contributed by atoms with E-state index in [0.29, 0.717) is 37.3 Å². The molecule has 26 heavy (non-hydrogen) atoms. The summed E-state index contributed by atoms with van der Waals surface area (Å²) in [6.07, 6.45) is 3.39. The number of guanidine groups is 1. The Hall–Kier alpha value is -1.58. The van der Waals surface area contributed by atoms with E-state index >= 15 is 0 Å². The van der Waals surface area contributed by atoms with Gasteiger partial charge in [-0.3, -0.25) is 9.79 Å². The first kappa shape index (κ1) is 22.5. The molecule has 1 aliphatic carbocycles. The summed E-state index contributed by atoms with van der Waals surface area (Å²) in [5.41, 5.74) is 0. The summed E-state index contributed by atoms with van der Waals surface area (Å²) in [4.78, 5) is 15.7. The molecule has 0 bridgehead atoms. The zero-order chi connectivity index (χ0) is 18.1. The summed E-state index contributed by atoms with van der Waals surface area (Å²) in [7, 11) is 1.70. The number of ether oxygens (including phenoxy) is 1. The fraction of sp³-hybridized carbons (Fsp3) is 0.556. The maximum absolute atomic E-state index is 12.9. The van der Waals surface area contributed by atoms with Crippen LogP contribution >= 0.6 is 24.0 Å². The molecule has 3 N–H and O–H groups in total. The molecule has 6 nitrogen and oxygen atoms in total. The normalized spacial score (nSPS) is 14.8. The zero-order valence-corrected chi connectivity index (χ0v) is 17.6. The van der Waals surface area contributed by atoms with Crippen LogP contribution in [0.1, 0.15) is 32.6 Å². The second-order valence-corrected chi connectivity index (χ2v) is 6.21. The molecule has 1 aromatic carbocycles. The summed E-state index contributed by atoms with van der Waals surface area (Å²) in [6, 6.07) is 6.36. The summed E-state index contributed by atoms with van der Waals surface area (Å²) >= 11 is 0. The van der Waals surface area contributed by atoms with Crippen LogP contribution in [-0.4, -0.2) is 44.1 Å². The van der Waals surface area contributed by atoms with Gasteiger partial charge in [0.2, 0.25) is 5.91 Å². The molecule has 0 spiro atoms. The predicted molar refractivity (Wildman–Crippen MR) is 112 cm³/mol. The highest BCUT2D eigenvalue weighted by Crippen LogP contribution is 2.18. The van der Waals surface area contributed by atoms with Crippen molar-refractivity contribution in [3.8, 4) is 5.75 Å². The second kappa shape index (κ2) is 11.9. The second-order valence-electron chi connectivity index (χ2n) is 6.21. The van der Waals surface area contributed by atoms with E-state index in [9.17, 15) is 9.18 Å². The van der Waals surface area contributed by atoms with Crippen LogP contribution in [0.25, 0.3) is 0 Å². The summed E-state index contributed by atoms with van der Waals surface area (Å²) < 4.78 is 18.6. The molecule has 1 aromatic rings. The lowest BCUT2D eigenvalue weighted by molar-refractivity contribution is -0.121. The van der Waals surface area contributed by atoms with Crippen molar-refractivity contribution in [2.24, 2.45) is 4.99 Å². The standard InChI is InChI=1S/C18H27FN4O2.HI/c1-13(25-16-9-5-14(19)6-10-16)12-22-18(20-2)21-11-3-4-17(24)23-15-7-8-15;/h5-6,9-10,13,15H,3-4,7-8,11-12H2,1-2H3,(H,23,24)(H2,20,21,22);1H. The van der Waals surface area contributed by atoms with Crippen LogP contribution in [0, 0.1) is 5.82 Å². The van der Waals surface area contributed by atoms with Gasteiger partial charge in [-0.15, -0.1) is 24.0 Å². The average molecular weight is 478 g/mol. The average Bonchev–Trinajstić information content (AvgIpc) is 3.40. The largest absolute Gasteiger partial charge is 0.489 e. The van der Waals surface area contributed by atoms with Crippen molar-refractivity contribution in [3.63, 3.8) is 0 Å². The van der Waals surface area contributed by atoms with E-state index in [1.165, 1.54) is 12.1 Å². The van der Waals surface area contributed by atoms with E-state index in [1.807, 2.05) is 6.92 Å². The number of aliphatic imine (C=N–C) groups is 1. The number of benzene rings is 1. The highest BCUT2D eigenvalue weighted by Gasteiger charge is 2.22. The molecule has 1 aliphatic rings. The van der Waals surface area contributed by atoms with E-state index in [1.54, 1.807) is 19.2 Å². The molecule has 0 aromatic heterocycles. The number of nitrogens with one attached hydrogen (secondary N) is 3. The van der Waals surface area contributed by atoms with E-state index < -0.39 is 0 Å². The molecular weight excluding hydrogens is 450 g/mol. The minimum Gasteiger partial charge on any atom is -0.489 e. The van der Waals surface area contributed by atoms with Gasteiger partial charge in [-0.25, -0.2) is 4.39 Å². The van der Waals surface area contributed by atoms with Crippen LogP contribution in [0.4, 0.5) is 4.39 Å². The van der Waals surface area contributed by atoms with E-state index in [2.05, 4.69) is 20.9 Å². The molecule has 2 rings (SSSR count). The molecule has 1 saturated carbocycles. The lowest BCUT2D eigenvalue weighted by Crippen LogP contribution is -2.42. The zero-order valence-electron chi connectivity index (χ0n) is 15.3. The Morgan fingerprint density at radius 1 is 1.31 bits per heavy atom. The molecule has 0 radical (unpaired) electrons. The Morgan fingerprint density at radius 3 is 2.62 bits per heavy atom. The third-order valence-electron chi connectivity index (χ3n) is 3.75. The molecule has 8 heteroatoms. The molecule has 0 aliphatic heterocycles. The van der Waals surface area contributed by atoms with Crippen LogP contribution in [0.2, 0.25) is 0 Å². The van der Waals surface area contributed by atoms with Crippen molar-refractivity contribution < 1.29 is 13.9 Å². The first-order valence-electron chi connectivity index (χ1n) is 8.73. The van der Waals surface area contributed by atoms with Crippen molar-refractivity contribution >= 4 is 35.8 Å². The Kier molecular flexibility index (Phi) is 10.3. The Bertz CT molecular complexity index is 579. The first-order valence-corrected chi connectivity index (χ1v) is 8.73. The van der Waals surface area contributed by atoms with Crippen LogP contribution in [-0.2, 0) is 4.79 Å². The fourth-order valence-electron chi connectivity index (χ4n) is 2.23. The van der Waals surface area contributed by atoms with Crippen LogP contribution in [0.3, 0.4) is 0 Å². The molecule has 0 saturated heterocycles. The number of carbonyl (C=O) groups is 1. The third kappa shape index (κ3) is 9.21. The van der Waals surface area contributed by atoms with Crippen molar-refractivity contribution in [1.29, 1.82) is 0 Å². The highest BCUT2D eigenvalue weighted by atomic mass is 127. The lowest BCUT2D eigenvalue weighted by atomic mass is 10.3. The molecule has 1 unspecified atom stereocenters. The topological polar surface area (TPSA) is 74.8 Å². The third-order valence-corrected chi connectivity index (χ3v) is 3.75. The minimum atomic E-state index is -0.284. The van der Waals surface area contributed by atoms with Gasteiger partial charge >= 0.3 is 0 Å². The number of nitrogens with zero attached hydrogens (tertiary/aromatic N) is 1. The summed E-state index contributed by atoms with van der Waals surface area (Å²) in [5, 5.41) is 9.31. The van der Waals surface area contributed by atoms with Gasteiger partial charge in [-0.1, -0.05) is 0 Å². The number of hydrogen-bond acceptors (Lipinski definition) is 3. The molecule has 0 heterocycles. The van der Waals surface area contributed by atoms with Crippen molar-refractivity contribution in [1.82, 2.24) is 16.0 Å². The highest BCUT2D eigenvalue weighted by molar-refractivity contribution is 14.0. The summed E-state index contributed by atoms with van der Waals surface area (Å²) in [6.45, 7) is 3.15. The van der Waals surface area contributed by atoms with Gasteiger partial charge in [0.15, 0.2) is 5.96 Å². The number of carbonyl (C=O) groups excluding carboxylic acids is 1. The number of rotatable bonds is 9. The molecule has 1 fully saturated rings. The maximum Gasteiger partial charge on any atom is 0.220 e. The predicted octanol–water partition coefficient (Wildman–Crippen LogP) is 2.43. The Balaban J connectivity index is 0.00000338. The smallest absolute Gasteiger partial charge is 0.220 e. The summed E-state index contributed by atoms with van der Waals surface area (Å²) in [5.74, 6) is 1.12. The van der Waals surface area contributed by atoms with Gasteiger partial charge in [0.05, 0.1) is 6.54 Å². The van der Waals surface area contributed by atoms with Crippen molar-refractivity contribution in [2.45, 2.75) is 44.8 Å². The van der Waals surface area contributed by atoms with Gasteiger partial charge in [0.25, 0.3) is 0 Å². The Labute approximate surface area is 171 Å². The molecule has 1 atom stereocenters. The maximum atomic E-state index is 12.9. The van der Waals surface area contributed by atoms with Crippen molar-refractivity contribution in [2.75, 3.05) is 20.1 Å². The minimum absolute atomic E-state index is 0. The van der Waals surface area contributed by atoms with Crippen molar-refractivity contribution in [3.05, 3.63) is 30.1 Å². The van der Waals surface area contributed by atoms with E-state index in [-0.39, 0.29) is 41.8 Å². The van der Waals surface area contributed by atoms with E-state index in [4.69, 9.17) is 4.74 Å². The van der Waals surface area contributed by atoms with Gasteiger partial charge in [-0.2, -0.15) is 0 Å². The number of amides is 1. The van der Waals surface area contributed by atoms with Gasteiger partial charge in [-0.05, 0) is 50.5 Å². The number of halogens is 2. The van der Waals surface area contributed by atoms with E-state index in [0.717, 1.165) is 19.3 Å².